The smallest absolute Gasteiger partial charge is 0.153 e. The summed E-state index contributed by atoms with van der Waals surface area (Å²) in [7, 11) is 0. The molecule has 0 saturated carbocycles. The van der Waals surface area contributed by atoms with Crippen molar-refractivity contribution in [3.8, 4) is 11.3 Å². The Morgan fingerprint density at radius 3 is 2.50 bits per heavy atom. The maximum atomic E-state index is 4.51. The molecule has 0 aliphatic rings. The largest absolute Gasteiger partial charge is 0.235 e. The molecule has 0 bridgehead atoms. The zero-order valence-electron chi connectivity index (χ0n) is 15.5. The second kappa shape index (κ2) is 8.43. The van der Waals surface area contributed by atoms with E-state index in [4.69, 9.17) is 0 Å². The van der Waals surface area contributed by atoms with E-state index in [1.54, 1.807) is 4.68 Å². The van der Waals surface area contributed by atoms with Gasteiger partial charge in [0.05, 0.1) is 11.9 Å². The molecule has 1 unspecified atom stereocenters. The summed E-state index contributed by atoms with van der Waals surface area (Å²) in [5, 5.41) is 4.16. The van der Waals surface area contributed by atoms with Crippen LogP contribution in [-0.2, 0) is 6.42 Å². The van der Waals surface area contributed by atoms with Crippen LogP contribution >= 0.6 is 0 Å². The van der Waals surface area contributed by atoms with E-state index in [0.29, 0.717) is 5.92 Å². The van der Waals surface area contributed by atoms with E-state index in [1.165, 1.54) is 11.1 Å². The van der Waals surface area contributed by atoms with Crippen molar-refractivity contribution < 1.29 is 0 Å². The molecule has 3 rings (SSSR count). The second-order valence-electron chi connectivity index (χ2n) is 6.48. The van der Waals surface area contributed by atoms with Crippen LogP contribution in [0.1, 0.15) is 43.1 Å². The van der Waals surface area contributed by atoms with Gasteiger partial charge in [-0.05, 0) is 36.0 Å². The Labute approximate surface area is 155 Å². The minimum Gasteiger partial charge on any atom is -0.235 e. The first kappa shape index (κ1) is 17.9. The van der Waals surface area contributed by atoms with E-state index in [9.17, 15) is 0 Å². The van der Waals surface area contributed by atoms with Crippen LogP contribution in [0.4, 0.5) is 0 Å². The summed E-state index contributed by atoms with van der Waals surface area (Å²) in [5.41, 5.74) is 4.68. The summed E-state index contributed by atoms with van der Waals surface area (Å²) in [5.74, 6) is 1.36. The Morgan fingerprint density at radius 1 is 1.12 bits per heavy atom. The summed E-state index contributed by atoms with van der Waals surface area (Å²) in [4.78, 5) is 4.51. The minimum absolute atomic E-state index is 0.572. The molecule has 0 amide bonds. The molecule has 0 saturated heterocycles. The van der Waals surface area contributed by atoms with Gasteiger partial charge in [-0.15, -0.1) is 0 Å². The molecule has 2 aromatic carbocycles. The third-order valence-electron chi connectivity index (χ3n) is 4.76. The van der Waals surface area contributed by atoms with Crippen LogP contribution in [0.3, 0.4) is 0 Å². The first-order valence-electron chi connectivity index (χ1n) is 9.08. The van der Waals surface area contributed by atoms with Gasteiger partial charge in [-0.1, -0.05) is 74.5 Å². The predicted octanol–water partition coefficient (Wildman–Crippen LogP) is 5.78. The summed E-state index contributed by atoms with van der Waals surface area (Å²) in [6.07, 6.45) is 7.97. The third-order valence-corrected chi connectivity index (χ3v) is 4.76. The fourth-order valence-corrected chi connectivity index (χ4v) is 2.95. The molecule has 3 nitrogen and oxygen atoms in total. The number of imidazole rings is 1. The molecule has 0 radical (unpaired) electrons. The lowest BCUT2D eigenvalue weighted by Gasteiger charge is -2.10. The Bertz CT molecular complexity index is 874. The fraction of sp³-hybridized carbons (Fsp3) is 0.217. The summed E-state index contributed by atoms with van der Waals surface area (Å²) >= 11 is 0. The molecule has 0 spiro atoms. The van der Waals surface area contributed by atoms with Crippen molar-refractivity contribution in [2.24, 2.45) is 5.10 Å². The molecule has 3 heteroatoms. The number of rotatable bonds is 7. The highest BCUT2D eigenvalue weighted by Gasteiger charge is 2.10. The average molecular weight is 343 g/mol. The molecule has 0 fully saturated rings. The van der Waals surface area contributed by atoms with Crippen LogP contribution in [-0.4, -0.2) is 16.4 Å². The highest BCUT2D eigenvalue weighted by Crippen LogP contribution is 2.25. The van der Waals surface area contributed by atoms with Gasteiger partial charge in [-0.2, -0.15) is 5.10 Å². The lowest BCUT2D eigenvalue weighted by atomic mass is 9.97. The third kappa shape index (κ3) is 3.99. The van der Waals surface area contributed by atoms with E-state index in [1.807, 2.05) is 18.3 Å². The van der Waals surface area contributed by atoms with Crippen LogP contribution < -0.4 is 0 Å². The molecule has 1 aromatic heterocycles. The number of nitrogens with zero attached hydrogens (tertiary/aromatic N) is 3. The molecule has 26 heavy (non-hydrogen) atoms. The average Bonchev–Trinajstić information content (AvgIpc) is 3.11. The fourth-order valence-electron chi connectivity index (χ4n) is 2.95. The Kier molecular flexibility index (Phi) is 5.80. The zero-order valence-corrected chi connectivity index (χ0v) is 15.5. The zero-order chi connectivity index (χ0) is 18.4. The second-order valence-corrected chi connectivity index (χ2v) is 6.48. The van der Waals surface area contributed by atoms with Crippen LogP contribution in [0.2, 0.25) is 0 Å². The highest BCUT2D eigenvalue weighted by atomic mass is 15.4. The van der Waals surface area contributed by atoms with Gasteiger partial charge < -0.3 is 0 Å². The predicted molar refractivity (Wildman–Crippen MR) is 110 cm³/mol. The van der Waals surface area contributed by atoms with E-state index in [2.05, 4.69) is 85.3 Å². The van der Waals surface area contributed by atoms with Gasteiger partial charge in [-0.3, -0.25) is 0 Å². The van der Waals surface area contributed by atoms with E-state index >= 15 is 0 Å². The van der Waals surface area contributed by atoms with E-state index < -0.39 is 0 Å². The van der Waals surface area contributed by atoms with Gasteiger partial charge in [0.15, 0.2) is 5.82 Å². The molecule has 1 heterocycles. The maximum absolute atomic E-state index is 4.51. The van der Waals surface area contributed by atoms with Gasteiger partial charge in [0, 0.05) is 12.3 Å². The summed E-state index contributed by atoms with van der Waals surface area (Å²) in [6.45, 7) is 8.18. The highest BCUT2D eigenvalue weighted by molar-refractivity contribution is 5.62. The quantitative estimate of drug-likeness (QED) is 0.500. The van der Waals surface area contributed by atoms with Crippen molar-refractivity contribution in [3.05, 3.63) is 83.8 Å². The Morgan fingerprint density at radius 2 is 1.85 bits per heavy atom. The SMILES string of the molecule is C=Nn1c(-c2ccc(C(C)CC)cc2)cnc1/C=C\Cc1ccccc1. The lowest BCUT2D eigenvalue weighted by Crippen LogP contribution is -1.95. The van der Waals surface area contributed by atoms with Gasteiger partial charge >= 0.3 is 0 Å². The van der Waals surface area contributed by atoms with Crippen LogP contribution in [0.5, 0.6) is 0 Å². The van der Waals surface area contributed by atoms with E-state index in [0.717, 1.165) is 29.9 Å². The van der Waals surface area contributed by atoms with Gasteiger partial charge in [0.25, 0.3) is 0 Å². The summed E-state index contributed by atoms with van der Waals surface area (Å²) < 4.78 is 1.79. The van der Waals surface area contributed by atoms with Crippen molar-refractivity contribution in [1.29, 1.82) is 0 Å². The maximum Gasteiger partial charge on any atom is 0.153 e. The normalized spacial score (nSPS) is 12.4. The first-order valence-corrected chi connectivity index (χ1v) is 9.08. The number of allylic oxidation sites excluding steroid dienone is 1. The monoisotopic (exact) mass is 343 g/mol. The Balaban J connectivity index is 1.80. The summed E-state index contributed by atoms with van der Waals surface area (Å²) in [6, 6.07) is 19.0. The van der Waals surface area contributed by atoms with Gasteiger partial charge in [0.1, 0.15) is 0 Å². The van der Waals surface area contributed by atoms with Crippen LogP contribution in [0.15, 0.2) is 72.0 Å². The molecule has 0 aliphatic heterocycles. The topological polar surface area (TPSA) is 30.2 Å². The van der Waals surface area contributed by atoms with E-state index in [-0.39, 0.29) is 0 Å². The van der Waals surface area contributed by atoms with Crippen molar-refractivity contribution in [2.75, 3.05) is 0 Å². The molecule has 0 N–H and O–H groups in total. The van der Waals surface area contributed by atoms with Gasteiger partial charge in [-0.25, -0.2) is 9.66 Å². The van der Waals surface area contributed by atoms with Crippen molar-refractivity contribution in [3.63, 3.8) is 0 Å². The molecular formula is C23H25N3. The van der Waals surface area contributed by atoms with Crippen LogP contribution in [0.25, 0.3) is 17.3 Å². The Hall–Kier alpha value is -2.94. The molecule has 132 valence electrons. The molecule has 0 aliphatic carbocycles. The molecule has 3 aromatic rings. The van der Waals surface area contributed by atoms with Gasteiger partial charge in [0.2, 0.25) is 0 Å². The van der Waals surface area contributed by atoms with Crippen molar-refractivity contribution in [1.82, 2.24) is 9.66 Å². The number of hydrogen-bond acceptors (Lipinski definition) is 2. The minimum atomic E-state index is 0.572. The molecule has 1 atom stereocenters. The van der Waals surface area contributed by atoms with Crippen LogP contribution in [0, 0.1) is 0 Å². The number of benzene rings is 2. The standard InChI is InChI=1S/C23H25N3/c1-4-18(2)20-13-15-21(16-14-20)22-17-25-23(26(22)24-3)12-8-11-19-9-6-5-7-10-19/h5-10,12-18H,3-4,11H2,1-2H3/b12-8-. The molecular weight excluding hydrogens is 318 g/mol. The lowest BCUT2D eigenvalue weighted by molar-refractivity contribution is 0.733. The number of aromatic nitrogens is 2. The van der Waals surface area contributed by atoms with Crippen molar-refractivity contribution in [2.45, 2.75) is 32.6 Å². The number of hydrogen-bond donors (Lipinski definition) is 0. The first-order chi connectivity index (χ1) is 12.7. The van der Waals surface area contributed by atoms with Crippen molar-refractivity contribution >= 4 is 12.8 Å².